The van der Waals surface area contributed by atoms with Gasteiger partial charge in [0.25, 0.3) is 0 Å². The second kappa shape index (κ2) is 4.31. The van der Waals surface area contributed by atoms with Crippen LogP contribution in [-0.2, 0) is 11.3 Å². The van der Waals surface area contributed by atoms with Crippen LogP contribution in [0.1, 0.15) is 31.7 Å². The Morgan fingerprint density at radius 3 is 2.87 bits per heavy atom. The van der Waals surface area contributed by atoms with Gasteiger partial charge in [-0.2, -0.15) is 0 Å². The molecular formula is C11H16N2OS. The number of amides is 1. The van der Waals surface area contributed by atoms with Crippen molar-refractivity contribution in [3.8, 4) is 0 Å². The lowest BCUT2D eigenvalue weighted by molar-refractivity contribution is -0.135. The monoisotopic (exact) mass is 224 g/mol. The highest BCUT2D eigenvalue weighted by Crippen LogP contribution is 2.29. The molecular weight excluding hydrogens is 208 g/mol. The van der Waals surface area contributed by atoms with Crippen LogP contribution in [-0.4, -0.2) is 21.8 Å². The summed E-state index contributed by atoms with van der Waals surface area (Å²) >= 11 is 1.62. The van der Waals surface area contributed by atoms with Gasteiger partial charge in [-0.05, 0) is 12.8 Å². The average molecular weight is 224 g/mol. The van der Waals surface area contributed by atoms with Gasteiger partial charge in [0.2, 0.25) is 5.91 Å². The number of nitrogens with zero attached hydrogens (tertiary/aromatic N) is 2. The molecule has 1 aliphatic carbocycles. The maximum atomic E-state index is 12.0. The predicted octanol–water partition coefficient (Wildman–Crippen LogP) is 2.29. The van der Waals surface area contributed by atoms with E-state index in [-0.39, 0.29) is 11.8 Å². The highest BCUT2D eigenvalue weighted by Gasteiger charge is 2.33. The molecule has 2 rings (SSSR count). The Kier molecular flexibility index (Phi) is 3.05. The van der Waals surface area contributed by atoms with Crippen LogP contribution in [0, 0.1) is 5.92 Å². The molecule has 1 heterocycles. The first-order valence-corrected chi connectivity index (χ1v) is 6.25. The van der Waals surface area contributed by atoms with Crippen LogP contribution >= 0.6 is 11.3 Å². The highest BCUT2D eigenvalue weighted by molar-refractivity contribution is 7.09. The van der Waals surface area contributed by atoms with E-state index in [2.05, 4.69) is 4.98 Å². The molecule has 1 amide bonds. The van der Waals surface area contributed by atoms with Gasteiger partial charge in [-0.1, -0.05) is 13.8 Å². The van der Waals surface area contributed by atoms with Crippen LogP contribution in [0.2, 0.25) is 0 Å². The maximum absolute atomic E-state index is 12.0. The van der Waals surface area contributed by atoms with Gasteiger partial charge in [-0.15, -0.1) is 11.3 Å². The van der Waals surface area contributed by atoms with E-state index in [0.717, 1.165) is 17.8 Å². The van der Waals surface area contributed by atoms with Crippen molar-refractivity contribution in [3.63, 3.8) is 0 Å². The Bertz CT molecular complexity index is 330. The summed E-state index contributed by atoms with van der Waals surface area (Å²) in [6.45, 7) is 4.61. The first-order chi connectivity index (χ1) is 7.18. The van der Waals surface area contributed by atoms with E-state index in [1.54, 1.807) is 17.5 Å². The van der Waals surface area contributed by atoms with E-state index >= 15 is 0 Å². The van der Waals surface area contributed by atoms with E-state index in [1.165, 1.54) is 0 Å². The van der Waals surface area contributed by atoms with Crippen LogP contribution in [0.15, 0.2) is 11.6 Å². The molecule has 0 saturated heterocycles. The van der Waals surface area contributed by atoms with E-state index in [0.29, 0.717) is 12.6 Å². The molecule has 1 fully saturated rings. The first-order valence-electron chi connectivity index (χ1n) is 5.37. The molecule has 0 unspecified atom stereocenters. The highest BCUT2D eigenvalue weighted by atomic mass is 32.1. The predicted molar refractivity (Wildman–Crippen MR) is 60.5 cm³/mol. The summed E-state index contributed by atoms with van der Waals surface area (Å²) in [7, 11) is 0. The standard InChI is InChI=1S/C11H16N2OS/c1-8(2)11(14)13(9-3-4-9)7-10-12-5-6-15-10/h5-6,8-9H,3-4,7H2,1-2H3. The van der Waals surface area contributed by atoms with E-state index in [4.69, 9.17) is 0 Å². The first kappa shape index (κ1) is 10.6. The molecule has 0 atom stereocenters. The molecule has 15 heavy (non-hydrogen) atoms. The summed E-state index contributed by atoms with van der Waals surface area (Å²) in [6, 6.07) is 0.476. The van der Waals surface area contributed by atoms with Gasteiger partial charge in [0.1, 0.15) is 5.01 Å². The molecule has 1 saturated carbocycles. The Morgan fingerprint density at radius 2 is 2.40 bits per heavy atom. The number of carbonyl (C=O) groups is 1. The quantitative estimate of drug-likeness (QED) is 0.786. The minimum absolute atomic E-state index is 0.0885. The number of thiazole rings is 1. The average Bonchev–Trinajstić information content (AvgIpc) is 2.92. The van der Waals surface area contributed by atoms with Crippen LogP contribution in [0.3, 0.4) is 0 Å². The summed E-state index contributed by atoms with van der Waals surface area (Å²) < 4.78 is 0. The lowest BCUT2D eigenvalue weighted by Gasteiger charge is -2.23. The van der Waals surface area contributed by atoms with Crippen molar-refractivity contribution in [3.05, 3.63) is 16.6 Å². The number of aromatic nitrogens is 1. The normalized spacial score (nSPS) is 15.7. The molecule has 3 nitrogen and oxygen atoms in total. The number of carbonyl (C=O) groups excluding carboxylic acids is 1. The molecule has 0 radical (unpaired) electrons. The summed E-state index contributed by atoms with van der Waals surface area (Å²) in [5.41, 5.74) is 0. The van der Waals surface area contributed by atoms with Gasteiger partial charge >= 0.3 is 0 Å². The fourth-order valence-electron chi connectivity index (χ4n) is 1.58. The zero-order valence-electron chi connectivity index (χ0n) is 9.14. The Morgan fingerprint density at radius 1 is 1.67 bits per heavy atom. The fraction of sp³-hybridized carbons (Fsp3) is 0.636. The van der Waals surface area contributed by atoms with Crippen molar-refractivity contribution in [2.75, 3.05) is 0 Å². The van der Waals surface area contributed by atoms with Crippen molar-refractivity contribution in [2.45, 2.75) is 39.3 Å². The van der Waals surface area contributed by atoms with Gasteiger partial charge < -0.3 is 4.90 Å². The van der Waals surface area contributed by atoms with Crippen LogP contribution in [0.25, 0.3) is 0 Å². The van der Waals surface area contributed by atoms with Crippen molar-refractivity contribution >= 4 is 17.2 Å². The molecule has 1 aromatic heterocycles. The van der Waals surface area contributed by atoms with Crippen molar-refractivity contribution in [2.24, 2.45) is 5.92 Å². The maximum Gasteiger partial charge on any atom is 0.225 e. The lowest BCUT2D eigenvalue weighted by Crippen LogP contribution is -2.35. The van der Waals surface area contributed by atoms with Crippen LogP contribution in [0.4, 0.5) is 0 Å². The van der Waals surface area contributed by atoms with Gasteiger partial charge in [0, 0.05) is 23.5 Å². The Hall–Kier alpha value is -0.900. The Balaban J connectivity index is 2.03. The third-order valence-electron chi connectivity index (χ3n) is 2.55. The molecule has 0 bridgehead atoms. The Labute approximate surface area is 94.1 Å². The van der Waals surface area contributed by atoms with Crippen molar-refractivity contribution in [1.82, 2.24) is 9.88 Å². The van der Waals surface area contributed by atoms with Gasteiger partial charge in [-0.25, -0.2) is 4.98 Å². The molecule has 4 heteroatoms. The topological polar surface area (TPSA) is 33.2 Å². The molecule has 0 N–H and O–H groups in total. The van der Waals surface area contributed by atoms with Crippen LogP contribution < -0.4 is 0 Å². The molecule has 0 spiro atoms. The van der Waals surface area contributed by atoms with Gasteiger partial charge in [0.05, 0.1) is 6.54 Å². The minimum Gasteiger partial charge on any atom is -0.333 e. The lowest BCUT2D eigenvalue weighted by atomic mass is 10.2. The largest absolute Gasteiger partial charge is 0.333 e. The summed E-state index contributed by atoms with van der Waals surface area (Å²) in [5.74, 6) is 0.346. The third kappa shape index (κ3) is 2.56. The molecule has 0 aliphatic heterocycles. The van der Waals surface area contributed by atoms with E-state index < -0.39 is 0 Å². The second-order valence-electron chi connectivity index (χ2n) is 4.28. The summed E-state index contributed by atoms with van der Waals surface area (Å²) in [5, 5.41) is 3.00. The summed E-state index contributed by atoms with van der Waals surface area (Å²) in [6.07, 6.45) is 4.11. The molecule has 1 aromatic rings. The smallest absolute Gasteiger partial charge is 0.225 e. The molecule has 82 valence electrons. The van der Waals surface area contributed by atoms with Gasteiger partial charge in [0.15, 0.2) is 0 Å². The van der Waals surface area contributed by atoms with Crippen molar-refractivity contribution < 1.29 is 4.79 Å². The number of hydrogen-bond acceptors (Lipinski definition) is 3. The molecule has 0 aromatic carbocycles. The second-order valence-corrected chi connectivity index (χ2v) is 5.26. The van der Waals surface area contributed by atoms with E-state index in [9.17, 15) is 4.79 Å². The molecule has 1 aliphatic rings. The van der Waals surface area contributed by atoms with Crippen molar-refractivity contribution in [1.29, 1.82) is 0 Å². The van der Waals surface area contributed by atoms with Gasteiger partial charge in [-0.3, -0.25) is 4.79 Å². The summed E-state index contributed by atoms with van der Waals surface area (Å²) in [4.78, 5) is 18.2. The SMILES string of the molecule is CC(C)C(=O)N(Cc1nccs1)C1CC1. The number of rotatable bonds is 4. The number of hydrogen-bond donors (Lipinski definition) is 0. The van der Waals surface area contributed by atoms with Crippen LogP contribution in [0.5, 0.6) is 0 Å². The zero-order chi connectivity index (χ0) is 10.8. The minimum atomic E-state index is 0.0885. The van der Waals surface area contributed by atoms with E-state index in [1.807, 2.05) is 24.1 Å². The third-order valence-corrected chi connectivity index (χ3v) is 3.32. The zero-order valence-corrected chi connectivity index (χ0v) is 9.96. The fourth-order valence-corrected chi connectivity index (χ4v) is 2.20.